The van der Waals surface area contributed by atoms with E-state index in [2.05, 4.69) is 5.32 Å². The van der Waals surface area contributed by atoms with Crippen molar-refractivity contribution in [2.75, 3.05) is 6.54 Å². The van der Waals surface area contributed by atoms with Crippen molar-refractivity contribution >= 4 is 17.7 Å². The van der Waals surface area contributed by atoms with Crippen molar-refractivity contribution in [3.8, 4) is 0 Å². The number of hydrogen-bond donors (Lipinski definition) is 4. The third kappa shape index (κ3) is 6.01. The summed E-state index contributed by atoms with van der Waals surface area (Å²) in [5, 5.41) is 42.3. The number of carboxylic acids is 1. The number of nitrogens with zero attached hydrogens (tertiary/aromatic N) is 1. The van der Waals surface area contributed by atoms with Crippen LogP contribution in [0.1, 0.15) is 42.8 Å². The summed E-state index contributed by atoms with van der Waals surface area (Å²) in [7, 11) is 0. The van der Waals surface area contributed by atoms with E-state index in [0.717, 1.165) is 18.2 Å². The Morgan fingerprint density at radius 3 is 2.40 bits per heavy atom. The third-order valence-corrected chi connectivity index (χ3v) is 3.01. The molecule has 2 unspecified atom stereocenters. The molecular formula is C15H20N2O8. The van der Waals surface area contributed by atoms with Crippen LogP contribution < -0.4 is 5.32 Å². The maximum absolute atomic E-state index is 11.5. The van der Waals surface area contributed by atoms with Crippen LogP contribution in [0.2, 0.25) is 0 Å². The third-order valence-electron chi connectivity index (χ3n) is 3.01. The minimum atomic E-state index is -1.76. The number of alkyl carbamates (subject to hydrolysis) is 1. The van der Waals surface area contributed by atoms with Gasteiger partial charge in [0, 0.05) is 24.2 Å². The fourth-order valence-electron chi connectivity index (χ4n) is 1.92. The topological polar surface area (TPSA) is 159 Å². The Balaban J connectivity index is 2.92. The van der Waals surface area contributed by atoms with E-state index in [1.807, 2.05) is 0 Å². The second-order valence-corrected chi connectivity index (χ2v) is 6.23. The fraction of sp³-hybridized carbons (Fsp3) is 0.467. The number of hydrogen-bond acceptors (Lipinski definition) is 7. The summed E-state index contributed by atoms with van der Waals surface area (Å²) in [5.74, 6) is -1.42. The summed E-state index contributed by atoms with van der Waals surface area (Å²) in [6.45, 7) is 4.47. The predicted octanol–water partition coefficient (Wildman–Crippen LogP) is 1.21. The van der Waals surface area contributed by atoms with Gasteiger partial charge in [0.25, 0.3) is 5.69 Å². The molecule has 0 radical (unpaired) electrons. The number of amides is 1. The molecule has 1 amide bonds. The second kappa shape index (κ2) is 7.90. The average molecular weight is 356 g/mol. The summed E-state index contributed by atoms with van der Waals surface area (Å²) in [6, 6.07) is 2.81. The largest absolute Gasteiger partial charge is 0.478 e. The number of ether oxygens (including phenoxy) is 1. The van der Waals surface area contributed by atoms with Gasteiger partial charge in [0.2, 0.25) is 0 Å². The number of nitro groups is 1. The molecule has 2 atom stereocenters. The van der Waals surface area contributed by atoms with Gasteiger partial charge in [-0.3, -0.25) is 10.1 Å². The molecule has 1 rings (SSSR count). The number of aliphatic hydroxyl groups excluding tert-OH is 2. The van der Waals surface area contributed by atoms with Gasteiger partial charge < -0.3 is 25.4 Å². The number of aromatic carboxylic acids is 1. The first-order valence-corrected chi connectivity index (χ1v) is 7.27. The number of nitro benzene ring substituents is 1. The van der Waals surface area contributed by atoms with Crippen LogP contribution in [-0.2, 0) is 4.74 Å². The molecule has 4 N–H and O–H groups in total. The zero-order valence-electron chi connectivity index (χ0n) is 13.9. The molecule has 138 valence electrons. The molecule has 10 heteroatoms. The first-order valence-electron chi connectivity index (χ1n) is 7.27. The second-order valence-electron chi connectivity index (χ2n) is 6.23. The maximum Gasteiger partial charge on any atom is 0.407 e. The van der Waals surface area contributed by atoms with Gasteiger partial charge in [-0.15, -0.1) is 0 Å². The zero-order chi connectivity index (χ0) is 19.4. The van der Waals surface area contributed by atoms with E-state index in [-0.39, 0.29) is 5.56 Å². The smallest absolute Gasteiger partial charge is 0.407 e. The summed E-state index contributed by atoms with van der Waals surface area (Å²) in [6.07, 6.45) is -4.20. The molecule has 25 heavy (non-hydrogen) atoms. The van der Waals surface area contributed by atoms with Gasteiger partial charge >= 0.3 is 12.1 Å². The molecule has 0 spiro atoms. The Morgan fingerprint density at radius 2 is 1.92 bits per heavy atom. The molecule has 0 saturated heterocycles. The van der Waals surface area contributed by atoms with Crippen molar-refractivity contribution < 1.29 is 34.6 Å². The molecule has 10 nitrogen and oxygen atoms in total. The van der Waals surface area contributed by atoms with Crippen LogP contribution in [0.4, 0.5) is 10.5 Å². The number of carbonyl (C=O) groups is 2. The van der Waals surface area contributed by atoms with E-state index < -0.39 is 52.6 Å². The number of nitrogens with one attached hydrogen (secondary N) is 1. The molecule has 0 aliphatic rings. The standard InChI is InChI=1S/C15H20N2O8/c1-15(2,3)25-14(22)16-7-11(18)12(19)10-6-8(17(23)24)4-5-9(10)13(20)21/h4-6,11-12,18-19H,7H2,1-3H3,(H,16,22)(H,20,21). The summed E-state index contributed by atoms with van der Waals surface area (Å²) in [5.41, 5.74) is -1.93. The number of aliphatic hydroxyl groups is 2. The minimum absolute atomic E-state index is 0.333. The van der Waals surface area contributed by atoms with Gasteiger partial charge in [-0.05, 0) is 26.8 Å². The number of rotatable bonds is 6. The van der Waals surface area contributed by atoms with Crippen molar-refractivity contribution in [1.29, 1.82) is 0 Å². The predicted molar refractivity (Wildman–Crippen MR) is 85.3 cm³/mol. The molecule has 1 aromatic carbocycles. The number of benzene rings is 1. The highest BCUT2D eigenvalue weighted by atomic mass is 16.6. The van der Waals surface area contributed by atoms with Crippen molar-refractivity contribution in [2.45, 2.75) is 38.6 Å². The Morgan fingerprint density at radius 1 is 1.32 bits per heavy atom. The normalized spacial score (nSPS) is 13.6. The molecule has 0 heterocycles. The van der Waals surface area contributed by atoms with E-state index in [9.17, 15) is 29.9 Å². The Bertz CT molecular complexity index is 668. The SMILES string of the molecule is CC(C)(C)OC(=O)NCC(O)C(O)c1cc([N+](=O)[O-])ccc1C(=O)O. The zero-order valence-corrected chi connectivity index (χ0v) is 13.9. The van der Waals surface area contributed by atoms with E-state index in [1.165, 1.54) is 0 Å². The van der Waals surface area contributed by atoms with Crippen LogP contribution in [-0.4, -0.2) is 50.6 Å². The van der Waals surface area contributed by atoms with Crippen molar-refractivity contribution in [3.05, 3.63) is 39.4 Å². The molecule has 0 aliphatic heterocycles. The van der Waals surface area contributed by atoms with E-state index in [4.69, 9.17) is 9.84 Å². The van der Waals surface area contributed by atoms with Gasteiger partial charge in [0.15, 0.2) is 0 Å². The number of carbonyl (C=O) groups excluding carboxylic acids is 1. The summed E-state index contributed by atoms with van der Waals surface area (Å²) in [4.78, 5) is 32.8. The molecule has 0 bridgehead atoms. The van der Waals surface area contributed by atoms with Gasteiger partial charge in [0.1, 0.15) is 17.8 Å². The lowest BCUT2D eigenvalue weighted by molar-refractivity contribution is -0.385. The van der Waals surface area contributed by atoms with Gasteiger partial charge in [-0.1, -0.05) is 0 Å². The van der Waals surface area contributed by atoms with Gasteiger partial charge in [-0.25, -0.2) is 9.59 Å². The first kappa shape index (κ1) is 20.3. The van der Waals surface area contributed by atoms with Crippen LogP contribution >= 0.6 is 0 Å². The molecule has 1 aromatic rings. The van der Waals surface area contributed by atoms with E-state index in [1.54, 1.807) is 20.8 Å². The average Bonchev–Trinajstić information content (AvgIpc) is 2.49. The quantitative estimate of drug-likeness (QED) is 0.437. The van der Waals surface area contributed by atoms with Crippen LogP contribution in [0.5, 0.6) is 0 Å². The van der Waals surface area contributed by atoms with E-state index >= 15 is 0 Å². The monoisotopic (exact) mass is 356 g/mol. The van der Waals surface area contributed by atoms with Crippen LogP contribution in [0.3, 0.4) is 0 Å². The lowest BCUT2D eigenvalue weighted by atomic mass is 9.97. The maximum atomic E-state index is 11.5. The summed E-state index contributed by atoms with van der Waals surface area (Å²) < 4.78 is 4.96. The van der Waals surface area contributed by atoms with Crippen LogP contribution in [0.25, 0.3) is 0 Å². The molecule has 0 aromatic heterocycles. The van der Waals surface area contributed by atoms with Crippen molar-refractivity contribution in [1.82, 2.24) is 5.32 Å². The van der Waals surface area contributed by atoms with Crippen LogP contribution in [0, 0.1) is 10.1 Å². The number of non-ortho nitro benzene ring substituents is 1. The molecule has 0 fully saturated rings. The van der Waals surface area contributed by atoms with Gasteiger partial charge in [-0.2, -0.15) is 0 Å². The first-order chi connectivity index (χ1) is 11.4. The lowest BCUT2D eigenvalue weighted by Gasteiger charge is -2.22. The summed E-state index contributed by atoms with van der Waals surface area (Å²) >= 11 is 0. The Labute approximate surface area is 143 Å². The lowest BCUT2D eigenvalue weighted by Crippen LogP contribution is -2.39. The van der Waals surface area contributed by atoms with Crippen molar-refractivity contribution in [3.63, 3.8) is 0 Å². The van der Waals surface area contributed by atoms with E-state index in [0.29, 0.717) is 0 Å². The fourth-order valence-corrected chi connectivity index (χ4v) is 1.92. The van der Waals surface area contributed by atoms with Gasteiger partial charge in [0.05, 0.1) is 10.5 Å². The highest BCUT2D eigenvalue weighted by molar-refractivity contribution is 5.90. The molecule has 0 aliphatic carbocycles. The van der Waals surface area contributed by atoms with Crippen LogP contribution in [0.15, 0.2) is 18.2 Å². The highest BCUT2D eigenvalue weighted by Crippen LogP contribution is 2.26. The van der Waals surface area contributed by atoms with Crippen molar-refractivity contribution in [2.24, 2.45) is 0 Å². The Kier molecular flexibility index (Phi) is 6.42. The Hall–Kier alpha value is -2.72. The highest BCUT2D eigenvalue weighted by Gasteiger charge is 2.27. The molecule has 0 saturated carbocycles. The number of carboxylic acid groups (broad SMARTS) is 1. The molecular weight excluding hydrogens is 336 g/mol. The minimum Gasteiger partial charge on any atom is -0.478 e.